The van der Waals surface area contributed by atoms with Crippen LogP contribution in [0.5, 0.6) is 0 Å². The first-order valence-corrected chi connectivity index (χ1v) is 6.06. The lowest BCUT2D eigenvalue weighted by molar-refractivity contribution is -0.159. The number of likely N-dealkylation sites (N-methyl/N-ethyl adjacent to an activating group) is 1. The summed E-state index contributed by atoms with van der Waals surface area (Å²) in [6.45, 7) is 5.90. The molecule has 0 saturated carbocycles. The minimum atomic E-state index is -1.01. The molecule has 2 N–H and O–H groups in total. The number of amides is 1. The number of carboxylic acid groups (broad SMARTS) is 1. The third kappa shape index (κ3) is 2.16. The molecule has 0 aromatic rings. The highest BCUT2D eigenvalue weighted by molar-refractivity contribution is 5.92. The summed E-state index contributed by atoms with van der Waals surface area (Å²) in [6.07, 6.45) is 1.75. The molecule has 0 aromatic heterocycles. The molecular weight excluding hydrogens is 220 g/mol. The summed E-state index contributed by atoms with van der Waals surface area (Å²) in [4.78, 5) is 25.4. The van der Waals surface area contributed by atoms with Gasteiger partial charge in [0.15, 0.2) is 0 Å². The second-order valence-electron chi connectivity index (χ2n) is 5.13. The van der Waals surface area contributed by atoms with E-state index in [4.69, 9.17) is 0 Å². The quantitative estimate of drug-likeness (QED) is 0.766. The number of nitrogens with one attached hydrogen (secondary N) is 1. The number of aliphatic carboxylic acids is 1. The van der Waals surface area contributed by atoms with Gasteiger partial charge in [0.05, 0.1) is 5.54 Å². The van der Waals surface area contributed by atoms with Crippen LogP contribution in [-0.2, 0) is 9.59 Å². The Bertz CT molecular complexity index is 328. The zero-order valence-corrected chi connectivity index (χ0v) is 11.0. The van der Waals surface area contributed by atoms with E-state index < -0.39 is 17.0 Å². The summed E-state index contributed by atoms with van der Waals surface area (Å²) < 4.78 is 0. The number of likely N-dealkylation sites (tertiary alicyclic amines) is 1. The van der Waals surface area contributed by atoms with Crippen molar-refractivity contribution in [2.24, 2.45) is 0 Å². The average molecular weight is 242 g/mol. The number of carbonyl (C=O) groups excluding carboxylic acids is 1. The van der Waals surface area contributed by atoms with Gasteiger partial charge in [0, 0.05) is 6.54 Å². The highest BCUT2D eigenvalue weighted by atomic mass is 16.4. The van der Waals surface area contributed by atoms with Gasteiger partial charge in [-0.05, 0) is 40.2 Å². The molecule has 1 saturated heterocycles. The Hall–Kier alpha value is -1.10. The first kappa shape index (κ1) is 14.0. The van der Waals surface area contributed by atoms with Crippen molar-refractivity contribution in [3.63, 3.8) is 0 Å². The topological polar surface area (TPSA) is 69.6 Å². The van der Waals surface area contributed by atoms with Crippen LogP contribution in [0.2, 0.25) is 0 Å². The lowest BCUT2D eigenvalue weighted by atomic mass is 9.91. The molecule has 1 heterocycles. The number of rotatable bonds is 4. The Balaban J connectivity index is 3.05. The molecule has 1 amide bonds. The van der Waals surface area contributed by atoms with Crippen molar-refractivity contribution in [3.8, 4) is 0 Å². The van der Waals surface area contributed by atoms with Gasteiger partial charge in [-0.1, -0.05) is 6.92 Å². The second-order valence-corrected chi connectivity index (χ2v) is 5.13. The predicted molar refractivity (Wildman–Crippen MR) is 64.7 cm³/mol. The van der Waals surface area contributed by atoms with Crippen LogP contribution in [0, 0.1) is 0 Å². The number of nitrogens with zero attached hydrogens (tertiary/aromatic N) is 1. The van der Waals surface area contributed by atoms with Gasteiger partial charge in [-0.2, -0.15) is 0 Å². The molecule has 1 aliphatic rings. The monoisotopic (exact) mass is 242 g/mol. The molecule has 1 rings (SSSR count). The molecule has 1 aliphatic heterocycles. The van der Waals surface area contributed by atoms with Crippen molar-refractivity contribution < 1.29 is 14.7 Å². The number of hydrogen-bond donors (Lipinski definition) is 2. The Morgan fingerprint density at radius 2 is 2.06 bits per heavy atom. The average Bonchev–Trinajstić information content (AvgIpc) is 2.72. The van der Waals surface area contributed by atoms with Gasteiger partial charge in [0.1, 0.15) is 5.54 Å². The molecular formula is C12H22N2O3. The summed E-state index contributed by atoms with van der Waals surface area (Å²) >= 11 is 0. The van der Waals surface area contributed by atoms with Crippen molar-refractivity contribution in [1.29, 1.82) is 0 Å². The van der Waals surface area contributed by atoms with Crippen molar-refractivity contribution >= 4 is 11.9 Å². The standard InChI is InChI=1S/C12H22N2O3/c1-5-12(10(16)17)7-6-8-14(12)9(15)11(2,3)13-4/h13H,5-8H2,1-4H3,(H,16,17). The van der Waals surface area contributed by atoms with Crippen LogP contribution in [0.15, 0.2) is 0 Å². The van der Waals surface area contributed by atoms with Gasteiger partial charge < -0.3 is 15.3 Å². The largest absolute Gasteiger partial charge is 0.479 e. The Morgan fingerprint density at radius 3 is 2.47 bits per heavy atom. The van der Waals surface area contributed by atoms with Gasteiger partial charge in [-0.15, -0.1) is 0 Å². The van der Waals surface area contributed by atoms with E-state index in [1.54, 1.807) is 20.9 Å². The van der Waals surface area contributed by atoms with E-state index in [0.717, 1.165) is 6.42 Å². The van der Waals surface area contributed by atoms with Crippen molar-refractivity contribution in [1.82, 2.24) is 10.2 Å². The molecule has 1 fully saturated rings. The van der Waals surface area contributed by atoms with Gasteiger partial charge in [-0.25, -0.2) is 4.79 Å². The summed E-state index contributed by atoms with van der Waals surface area (Å²) in [5.74, 6) is -1.03. The van der Waals surface area contributed by atoms with E-state index in [9.17, 15) is 14.7 Å². The van der Waals surface area contributed by atoms with Crippen molar-refractivity contribution in [3.05, 3.63) is 0 Å². The molecule has 0 bridgehead atoms. The highest BCUT2D eigenvalue weighted by Gasteiger charge is 2.50. The number of carboxylic acids is 1. The Morgan fingerprint density at radius 1 is 1.47 bits per heavy atom. The van der Waals surface area contributed by atoms with Crippen molar-refractivity contribution in [2.75, 3.05) is 13.6 Å². The maximum Gasteiger partial charge on any atom is 0.329 e. The van der Waals surface area contributed by atoms with Gasteiger partial charge in [0.2, 0.25) is 5.91 Å². The lowest BCUT2D eigenvalue weighted by Gasteiger charge is -2.38. The summed E-state index contributed by atoms with van der Waals surface area (Å²) in [6, 6.07) is 0. The SMILES string of the molecule is CCC1(C(=O)O)CCCN1C(=O)C(C)(C)NC. The van der Waals surface area contributed by atoms with Crippen molar-refractivity contribution in [2.45, 2.75) is 51.1 Å². The number of hydrogen-bond acceptors (Lipinski definition) is 3. The number of carbonyl (C=O) groups is 2. The van der Waals surface area contributed by atoms with Gasteiger partial charge >= 0.3 is 5.97 Å². The third-order valence-electron chi connectivity index (χ3n) is 3.88. The fraction of sp³-hybridized carbons (Fsp3) is 0.833. The Kier molecular flexibility index (Phi) is 3.81. The molecule has 1 unspecified atom stereocenters. The second kappa shape index (κ2) is 4.64. The summed E-state index contributed by atoms with van der Waals surface area (Å²) in [5, 5.41) is 12.3. The van der Waals surface area contributed by atoms with E-state index >= 15 is 0 Å². The van der Waals surface area contributed by atoms with Crippen LogP contribution < -0.4 is 5.32 Å². The smallest absolute Gasteiger partial charge is 0.329 e. The van der Waals surface area contributed by atoms with Crippen LogP contribution >= 0.6 is 0 Å². The zero-order valence-electron chi connectivity index (χ0n) is 11.0. The van der Waals surface area contributed by atoms with E-state index in [-0.39, 0.29) is 5.91 Å². The van der Waals surface area contributed by atoms with Crippen LogP contribution in [0.1, 0.15) is 40.0 Å². The Labute approximate surface area is 102 Å². The lowest BCUT2D eigenvalue weighted by Crippen LogP contribution is -2.60. The van der Waals surface area contributed by atoms with Crippen LogP contribution in [0.4, 0.5) is 0 Å². The third-order valence-corrected chi connectivity index (χ3v) is 3.88. The fourth-order valence-corrected chi connectivity index (χ4v) is 2.36. The van der Waals surface area contributed by atoms with Crippen LogP contribution in [0.25, 0.3) is 0 Å². The highest BCUT2D eigenvalue weighted by Crippen LogP contribution is 2.34. The van der Waals surface area contributed by atoms with Crippen LogP contribution in [-0.4, -0.2) is 46.6 Å². The normalized spacial score (nSPS) is 25.1. The maximum absolute atomic E-state index is 12.4. The first-order valence-electron chi connectivity index (χ1n) is 6.06. The molecule has 0 aliphatic carbocycles. The molecule has 5 heteroatoms. The van der Waals surface area contributed by atoms with E-state index in [1.807, 2.05) is 6.92 Å². The minimum Gasteiger partial charge on any atom is -0.479 e. The molecule has 17 heavy (non-hydrogen) atoms. The van der Waals surface area contributed by atoms with Gasteiger partial charge in [-0.3, -0.25) is 4.79 Å². The van der Waals surface area contributed by atoms with E-state index in [1.165, 1.54) is 4.90 Å². The predicted octanol–water partition coefficient (Wildman–Crippen LogP) is 0.840. The molecule has 1 atom stereocenters. The first-order chi connectivity index (χ1) is 7.81. The molecule has 0 radical (unpaired) electrons. The zero-order chi connectivity index (χ0) is 13.3. The molecule has 98 valence electrons. The van der Waals surface area contributed by atoms with E-state index in [0.29, 0.717) is 19.4 Å². The van der Waals surface area contributed by atoms with Gasteiger partial charge in [0.25, 0.3) is 0 Å². The van der Waals surface area contributed by atoms with Crippen LogP contribution in [0.3, 0.4) is 0 Å². The summed E-state index contributed by atoms with van der Waals surface area (Å²) in [5.41, 5.74) is -1.73. The molecule has 0 spiro atoms. The molecule has 5 nitrogen and oxygen atoms in total. The maximum atomic E-state index is 12.4. The minimum absolute atomic E-state index is 0.137. The fourth-order valence-electron chi connectivity index (χ4n) is 2.36. The molecule has 0 aromatic carbocycles. The van der Waals surface area contributed by atoms with E-state index in [2.05, 4.69) is 5.32 Å². The summed E-state index contributed by atoms with van der Waals surface area (Å²) in [7, 11) is 1.71.